The Labute approximate surface area is 94.9 Å². The van der Waals surface area contributed by atoms with Crippen LogP contribution in [0.4, 0.5) is 0 Å². The molecule has 1 aliphatic carbocycles. The van der Waals surface area contributed by atoms with Gasteiger partial charge in [-0.25, -0.2) is 23.8 Å². The Kier molecular flexibility index (Phi) is 11.2. The van der Waals surface area contributed by atoms with Gasteiger partial charge >= 0.3 is 19.5 Å². The van der Waals surface area contributed by atoms with E-state index in [0.717, 1.165) is 12.0 Å². The first-order valence-electron chi connectivity index (χ1n) is 4.08. The zero-order valence-electron chi connectivity index (χ0n) is 8.45. The van der Waals surface area contributed by atoms with Gasteiger partial charge in [-0.2, -0.15) is 11.6 Å². The molecule has 1 heteroatoms. The van der Waals surface area contributed by atoms with Crippen molar-refractivity contribution in [3.05, 3.63) is 48.1 Å². The molecule has 0 N–H and O–H groups in total. The second-order valence-corrected chi connectivity index (χ2v) is 2.97. The maximum Gasteiger partial charge on any atom is 2.00 e. The van der Waals surface area contributed by atoms with Gasteiger partial charge in [-0.3, -0.25) is 12.7 Å². The monoisotopic (exact) mass is 262 g/mol. The molecule has 0 aromatic rings. The van der Waals surface area contributed by atoms with E-state index in [1.165, 1.54) is 5.57 Å². The molecule has 1 rings (SSSR count). The van der Waals surface area contributed by atoms with Gasteiger partial charge in [-0.1, -0.05) is 20.8 Å². The van der Waals surface area contributed by atoms with Crippen molar-refractivity contribution in [2.45, 2.75) is 27.2 Å². The van der Waals surface area contributed by atoms with Crippen LogP contribution in [0.15, 0.2) is 35.5 Å². The zero-order valence-corrected chi connectivity index (χ0v) is 10.2. The average molecular weight is 261 g/mol. The molecule has 0 fully saturated rings. The number of rotatable bonds is 1. The van der Waals surface area contributed by atoms with Crippen molar-refractivity contribution in [1.82, 2.24) is 0 Å². The summed E-state index contributed by atoms with van der Waals surface area (Å²) >= 11 is 0. The van der Waals surface area contributed by atoms with Gasteiger partial charge in [-0.15, -0.1) is 6.42 Å². The molecule has 72 valence electrons. The summed E-state index contributed by atoms with van der Waals surface area (Å²) < 4.78 is 0. The van der Waals surface area contributed by atoms with Crippen LogP contribution < -0.4 is 0 Å². The molecule has 0 spiro atoms. The molecule has 0 amide bonds. The molecule has 0 saturated heterocycles. The van der Waals surface area contributed by atoms with Crippen molar-refractivity contribution in [3.63, 3.8) is 0 Å². The summed E-state index contributed by atoms with van der Waals surface area (Å²) in [5.41, 5.74) is 2.13. The topological polar surface area (TPSA) is 0 Å². The molecular weight excluding hydrogens is 245 g/mol. The van der Waals surface area contributed by atoms with E-state index in [1.807, 2.05) is 39.0 Å². The van der Waals surface area contributed by atoms with Crippen LogP contribution >= 0.6 is 0 Å². The van der Waals surface area contributed by atoms with Crippen molar-refractivity contribution in [1.29, 1.82) is 0 Å². The Morgan fingerprint density at radius 1 is 1.38 bits per heavy atom. The van der Waals surface area contributed by atoms with E-state index in [4.69, 9.17) is 6.58 Å². The molecular formula is C12H16Ru. The second-order valence-electron chi connectivity index (χ2n) is 2.97. The van der Waals surface area contributed by atoms with E-state index >= 15 is 0 Å². The van der Waals surface area contributed by atoms with Gasteiger partial charge < -0.3 is 0 Å². The molecule has 0 aliphatic heterocycles. The van der Waals surface area contributed by atoms with Crippen LogP contribution in [0.3, 0.4) is 0 Å². The predicted molar refractivity (Wildman–Crippen MR) is 54.5 cm³/mol. The van der Waals surface area contributed by atoms with Crippen LogP contribution in [0.25, 0.3) is 0 Å². The average Bonchev–Trinajstić information content (AvgIpc) is 2.36. The third kappa shape index (κ3) is 14.4. The van der Waals surface area contributed by atoms with E-state index in [-0.39, 0.29) is 19.5 Å². The Morgan fingerprint density at radius 3 is 2.08 bits per heavy atom. The first kappa shape index (κ1) is 15.1. The van der Waals surface area contributed by atoms with Crippen molar-refractivity contribution < 1.29 is 19.5 Å². The minimum Gasteiger partial charge on any atom is -0.290 e. The van der Waals surface area contributed by atoms with Crippen molar-refractivity contribution in [3.8, 4) is 0 Å². The molecule has 0 atom stereocenters. The van der Waals surface area contributed by atoms with Crippen LogP contribution in [0, 0.1) is 12.7 Å². The molecule has 0 bridgehead atoms. The molecule has 0 aromatic carbocycles. The molecule has 0 nitrogen and oxygen atoms in total. The summed E-state index contributed by atoms with van der Waals surface area (Å²) in [7, 11) is 0. The predicted octanol–water partition coefficient (Wildman–Crippen LogP) is 3.64. The van der Waals surface area contributed by atoms with E-state index in [0.29, 0.717) is 0 Å². The molecule has 0 heterocycles. The standard InChI is InChI=1S/C7H11.C5H5.Ru/c1-6(2)5-7(3)4;1-2-4-5-3-1;/h1,5H,2-4H3;1-3H,4H2;/q2*-1;+2. The van der Waals surface area contributed by atoms with E-state index in [1.54, 1.807) is 0 Å². The molecule has 0 aromatic heterocycles. The summed E-state index contributed by atoms with van der Waals surface area (Å²) in [5, 5.41) is 0. The number of allylic oxidation sites excluding steroid dienone is 7. The van der Waals surface area contributed by atoms with Gasteiger partial charge in [0.1, 0.15) is 0 Å². The normalized spacial score (nSPS) is 11.0. The van der Waals surface area contributed by atoms with Crippen LogP contribution in [0.1, 0.15) is 27.2 Å². The summed E-state index contributed by atoms with van der Waals surface area (Å²) in [5.74, 6) is 0. The third-order valence-corrected chi connectivity index (χ3v) is 1.10. The van der Waals surface area contributed by atoms with Gasteiger partial charge in [0, 0.05) is 0 Å². The van der Waals surface area contributed by atoms with Gasteiger partial charge in [-0.05, 0) is 0 Å². The molecule has 0 unspecified atom stereocenters. The van der Waals surface area contributed by atoms with Crippen LogP contribution in [0.5, 0.6) is 0 Å². The third-order valence-electron chi connectivity index (χ3n) is 1.10. The van der Waals surface area contributed by atoms with Gasteiger partial charge in [0.05, 0.1) is 0 Å². The van der Waals surface area contributed by atoms with Crippen molar-refractivity contribution in [2.75, 3.05) is 0 Å². The molecule has 0 saturated carbocycles. The Bertz CT molecular complexity index is 205. The first-order valence-corrected chi connectivity index (χ1v) is 4.08. The van der Waals surface area contributed by atoms with Gasteiger partial charge in [0.2, 0.25) is 0 Å². The minimum atomic E-state index is 0. The fourth-order valence-corrected chi connectivity index (χ4v) is 0.796. The van der Waals surface area contributed by atoms with Crippen LogP contribution in [-0.2, 0) is 19.5 Å². The van der Waals surface area contributed by atoms with Crippen LogP contribution in [-0.4, -0.2) is 0 Å². The smallest absolute Gasteiger partial charge is 0.290 e. The minimum absolute atomic E-state index is 0. The Morgan fingerprint density at radius 2 is 2.00 bits per heavy atom. The quantitative estimate of drug-likeness (QED) is 0.384. The summed E-state index contributed by atoms with van der Waals surface area (Å²) in [6.07, 6.45) is 11.9. The summed E-state index contributed by atoms with van der Waals surface area (Å²) in [6.45, 7) is 11.3. The molecule has 0 radical (unpaired) electrons. The fraction of sp³-hybridized carbons (Fsp3) is 0.333. The first-order chi connectivity index (χ1) is 5.63. The summed E-state index contributed by atoms with van der Waals surface area (Å²) in [4.78, 5) is 0. The van der Waals surface area contributed by atoms with Gasteiger partial charge in [0.15, 0.2) is 0 Å². The van der Waals surface area contributed by atoms with E-state index in [9.17, 15) is 0 Å². The van der Waals surface area contributed by atoms with E-state index in [2.05, 4.69) is 12.2 Å². The number of hydrogen-bond donors (Lipinski definition) is 0. The maximum atomic E-state index is 5.33. The van der Waals surface area contributed by atoms with E-state index < -0.39 is 0 Å². The molecule has 13 heavy (non-hydrogen) atoms. The number of hydrogen-bond acceptors (Lipinski definition) is 0. The largest absolute Gasteiger partial charge is 2.00 e. The fourth-order valence-electron chi connectivity index (χ4n) is 0.796. The second kappa shape index (κ2) is 9.67. The zero-order chi connectivity index (χ0) is 9.40. The van der Waals surface area contributed by atoms with Crippen LogP contribution in [0.2, 0.25) is 0 Å². The Balaban J connectivity index is 0. The SMILES string of the molecule is [C-]1=CC=CC1.[CH-]=C(C)C=C(C)C.[Ru+2]. The Hall–Kier alpha value is -0.417. The summed E-state index contributed by atoms with van der Waals surface area (Å²) in [6, 6.07) is 0. The van der Waals surface area contributed by atoms with Gasteiger partial charge in [0.25, 0.3) is 0 Å². The maximum absolute atomic E-state index is 5.33. The van der Waals surface area contributed by atoms with Crippen molar-refractivity contribution in [2.24, 2.45) is 0 Å². The molecule has 1 aliphatic rings. The van der Waals surface area contributed by atoms with Crippen molar-refractivity contribution >= 4 is 0 Å².